The van der Waals surface area contributed by atoms with E-state index < -0.39 is 0 Å². The lowest BCUT2D eigenvalue weighted by atomic mass is 10.2. The molecule has 3 nitrogen and oxygen atoms in total. The zero-order valence-electron chi connectivity index (χ0n) is 9.12. The van der Waals surface area contributed by atoms with Crippen molar-refractivity contribution in [1.82, 2.24) is 4.98 Å². The van der Waals surface area contributed by atoms with Crippen molar-refractivity contribution in [1.29, 1.82) is 0 Å². The summed E-state index contributed by atoms with van der Waals surface area (Å²) in [6, 6.07) is 1.84. The molecule has 0 aliphatic heterocycles. The van der Waals surface area contributed by atoms with Crippen molar-refractivity contribution >= 4 is 11.6 Å². The van der Waals surface area contributed by atoms with Crippen LogP contribution in [-0.2, 0) is 10.6 Å². The maximum absolute atomic E-state index is 5.75. The highest BCUT2D eigenvalue weighted by atomic mass is 35.5. The van der Waals surface area contributed by atoms with Crippen LogP contribution in [0.2, 0.25) is 0 Å². The van der Waals surface area contributed by atoms with E-state index in [1.54, 1.807) is 6.20 Å². The Morgan fingerprint density at radius 2 is 2.20 bits per heavy atom. The van der Waals surface area contributed by atoms with Gasteiger partial charge < -0.3 is 9.47 Å². The normalized spacial score (nSPS) is 10.3. The van der Waals surface area contributed by atoms with E-state index in [0.717, 1.165) is 17.0 Å². The molecule has 0 atom stereocenters. The fraction of sp³-hybridized carbons (Fsp3) is 0.545. The Bertz CT molecular complexity index is 305. The summed E-state index contributed by atoms with van der Waals surface area (Å²) in [6.07, 6.45) is 1.71. The molecule has 1 aromatic heterocycles. The molecular formula is C11H16ClNO2. The SMILES string of the molecule is CCOCCOc1ccnc(CCl)c1C. The van der Waals surface area contributed by atoms with Crippen LogP contribution in [0, 0.1) is 6.92 Å². The second-order valence-electron chi connectivity index (χ2n) is 3.06. The molecule has 0 amide bonds. The number of ether oxygens (including phenoxy) is 2. The number of nitrogens with zero attached hydrogens (tertiary/aromatic N) is 1. The third kappa shape index (κ3) is 3.68. The topological polar surface area (TPSA) is 31.4 Å². The smallest absolute Gasteiger partial charge is 0.125 e. The van der Waals surface area contributed by atoms with Crippen LogP contribution in [0.4, 0.5) is 0 Å². The van der Waals surface area contributed by atoms with Crippen molar-refractivity contribution in [2.24, 2.45) is 0 Å². The molecule has 0 aliphatic carbocycles. The van der Waals surface area contributed by atoms with E-state index in [1.807, 2.05) is 19.9 Å². The van der Waals surface area contributed by atoms with Gasteiger partial charge in [0.25, 0.3) is 0 Å². The molecule has 84 valence electrons. The molecule has 0 bridgehead atoms. The van der Waals surface area contributed by atoms with E-state index in [-0.39, 0.29) is 0 Å². The van der Waals surface area contributed by atoms with Crippen molar-refractivity contribution in [3.63, 3.8) is 0 Å². The van der Waals surface area contributed by atoms with Gasteiger partial charge in [-0.2, -0.15) is 0 Å². The van der Waals surface area contributed by atoms with Crippen LogP contribution < -0.4 is 4.74 Å². The van der Waals surface area contributed by atoms with Gasteiger partial charge in [-0.25, -0.2) is 0 Å². The predicted molar refractivity (Wildman–Crippen MR) is 60.5 cm³/mol. The first-order chi connectivity index (χ1) is 7.29. The second kappa shape index (κ2) is 6.64. The summed E-state index contributed by atoms with van der Waals surface area (Å²) in [4.78, 5) is 4.16. The lowest BCUT2D eigenvalue weighted by molar-refractivity contribution is 0.110. The molecule has 0 aliphatic rings. The first kappa shape index (κ1) is 12.3. The van der Waals surface area contributed by atoms with E-state index >= 15 is 0 Å². The second-order valence-corrected chi connectivity index (χ2v) is 3.33. The molecule has 0 aromatic carbocycles. The summed E-state index contributed by atoms with van der Waals surface area (Å²) in [6.45, 7) is 5.80. The standard InChI is InChI=1S/C11H16ClNO2/c1-3-14-6-7-15-11-4-5-13-10(8-12)9(11)2/h4-5H,3,6-8H2,1-2H3. The minimum absolute atomic E-state index is 0.411. The quantitative estimate of drug-likeness (QED) is 0.555. The van der Waals surface area contributed by atoms with Gasteiger partial charge in [-0.05, 0) is 19.9 Å². The van der Waals surface area contributed by atoms with E-state index in [9.17, 15) is 0 Å². The van der Waals surface area contributed by atoms with E-state index in [4.69, 9.17) is 21.1 Å². The Morgan fingerprint density at radius 3 is 2.87 bits per heavy atom. The summed E-state index contributed by atoms with van der Waals surface area (Å²) in [5.74, 6) is 1.24. The van der Waals surface area contributed by atoms with Gasteiger partial charge in [0.2, 0.25) is 0 Å². The summed E-state index contributed by atoms with van der Waals surface area (Å²) in [7, 11) is 0. The average Bonchev–Trinajstić information content (AvgIpc) is 2.26. The highest BCUT2D eigenvalue weighted by Gasteiger charge is 2.04. The van der Waals surface area contributed by atoms with Crippen LogP contribution in [0.1, 0.15) is 18.2 Å². The molecule has 0 unspecified atom stereocenters. The molecule has 4 heteroatoms. The summed E-state index contributed by atoms with van der Waals surface area (Å²) in [5.41, 5.74) is 1.87. The first-order valence-electron chi connectivity index (χ1n) is 5.00. The summed E-state index contributed by atoms with van der Waals surface area (Å²) < 4.78 is 10.7. The fourth-order valence-electron chi connectivity index (χ4n) is 1.20. The maximum atomic E-state index is 5.75. The van der Waals surface area contributed by atoms with Gasteiger partial charge in [-0.1, -0.05) is 0 Å². The Hall–Kier alpha value is -0.800. The van der Waals surface area contributed by atoms with Gasteiger partial charge in [0, 0.05) is 18.4 Å². The third-order valence-corrected chi connectivity index (χ3v) is 2.33. The van der Waals surface area contributed by atoms with E-state index in [2.05, 4.69) is 4.98 Å². The van der Waals surface area contributed by atoms with Crippen LogP contribution in [-0.4, -0.2) is 24.8 Å². The van der Waals surface area contributed by atoms with Crippen molar-refractivity contribution in [2.75, 3.05) is 19.8 Å². The Kier molecular flexibility index (Phi) is 5.43. The number of rotatable bonds is 6. The first-order valence-corrected chi connectivity index (χ1v) is 5.54. The van der Waals surface area contributed by atoms with Gasteiger partial charge in [0.15, 0.2) is 0 Å². The molecule has 0 radical (unpaired) electrons. The number of hydrogen-bond donors (Lipinski definition) is 0. The molecule has 0 saturated carbocycles. The number of halogens is 1. The van der Waals surface area contributed by atoms with Gasteiger partial charge in [0.1, 0.15) is 12.4 Å². The van der Waals surface area contributed by atoms with Gasteiger partial charge >= 0.3 is 0 Å². The zero-order valence-corrected chi connectivity index (χ0v) is 9.88. The molecule has 0 fully saturated rings. The molecule has 15 heavy (non-hydrogen) atoms. The van der Waals surface area contributed by atoms with Crippen LogP contribution >= 0.6 is 11.6 Å². The Balaban J connectivity index is 2.53. The van der Waals surface area contributed by atoms with Crippen LogP contribution in [0.15, 0.2) is 12.3 Å². The minimum atomic E-state index is 0.411. The molecule has 1 aromatic rings. The van der Waals surface area contributed by atoms with Crippen LogP contribution in [0.5, 0.6) is 5.75 Å². The molecule has 1 heterocycles. The van der Waals surface area contributed by atoms with Gasteiger partial charge in [-0.15, -0.1) is 11.6 Å². The number of hydrogen-bond acceptors (Lipinski definition) is 3. The molecule has 0 N–H and O–H groups in total. The number of pyridine rings is 1. The van der Waals surface area contributed by atoms with Crippen molar-refractivity contribution in [3.05, 3.63) is 23.5 Å². The average molecular weight is 230 g/mol. The third-order valence-electron chi connectivity index (χ3n) is 2.07. The van der Waals surface area contributed by atoms with Crippen molar-refractivity contribution in [3.8, 4) is 5.75 Å². The van der Waals surface area contributed by atoms with Crippen molar-refractivity contribution in [2.45, 2.75) is 19.7 Å². The highest BCUT2D eigenvalue weighted by Crippen LogP contribution is 2.20. The summed E-state index contributed by atoms with van der Waals surface area (Å²) >= 11 is 5.75. The van der Waals surface area contributed by atoms with E-state index in [1.165, 1.54) is 0 Å². The van der Waals surface area contributed by atoms with Crippen LogP contribution in [0.3, 0.4) is 0 Å². The van der Waals surface area contributed by atoms with Crippen molar-refractivity contribution < 1.29 is 9.47 Å². The Labute approximate surface area is 95.4 Å². The Morgan fingerprint density at radius 1 is 1.40 bits per heavy atom. The lowest BCUT2D eigenvalue weighted by Gasteiger charge is -2.10. The zero-order chi connectivity index (χ0) is 11.1. The molecule has 1 rings (SSSR count). The largest absolute Gasteiger partial charge is 0.491 e. The molecule has 0 saturated heterocycles. The number of aromatic nitrogens is 1. The van der Waals surface area contributed by atoms with E-state index in [0.29, 0.717) is 25.7 Å². The van der Waals surface area contributed by atoms with Gasteiger partial charge in [-0.3, -0.25) is 4.98 Å². The number of alkyl halides is 1. The predicted octanol–water partition coefficient (Wildman–Crippen LogP) is 2.54. The van der Waals surface area contributed by atoms with Gasteiger partial charge in [0.05, 0.1) is 18.2 Å². The maximum Gasteiger partial charge on any atom is 0.125 e. The molecular weight excluding hydrogens is 214 g/mol. The highest BCUT2D eigenvalue weighted by molar-refractivity contribution is 6.17. The molecule has 0 spiro atoms. The van der Waals surface area contributed by atoms with Crippen LogP contribution in [0.25, 0.3) is 0 Å². The lowest BCUT2D eigenvalue weighted by Crippen LogP contribution is -2.07. The minimum Gasteiger partial charge on any atom is -0.491 e. The monoisotopic (exact) mass is 229 g/mol. The summed E-state index contributed by atoms with van der Waals surface area (Å²) in [5, 5.41) is 0. The fourth-order valence-corrected chi connectivity index (χ4v) is 1.47.